The third-order valence-corrected chi connectivity index (χ3v) is 5.04. The van der Waals surface area contributed by atoms with Gasteiger partial charge in [0.1, 0.15) is 0 Å². The van der Waals surface area contributed by atoms with Crippen molar-refractivity contribution in [3.05, 3.63) is 53.3 Å². The zero-order chi connectivity index (χ0) is 18.5. The van der Waals surface area contributed by atoms with Gasteiger partial charge in [-0.25, -0.2) is 0 Å². The van der Waals surface area contributed by atoms with Crippen LogP contribution in [-0.2, 0) is 23.0 Å². The Kier molecular flexibility index (Phi) is 6.06. The minimum absolute atomic E-state index is 0.0291. The second-order valence-corrected chi connectivity index (χ2v) is 6.84. The van der Waals surface area contributed by atoms with E-state index in [1.54, 1.807) is 0 Å². The second kappa shape index (κ2) is 8.47. The minimum atomic E-state index is -0.0753. The van der Waals surface area contributed by atoms with Gasteiger partial charge >= 0.3 is 0 Å². The summed E-state index contributed by atoms with van der Waals surface area (Å²) in [4.78, 5) is 14.8. The van der Waals surface area contributed by atoms with Crippen molar-refractivity contribution in [2.45, 2.75) is 32.4 Å². The van der Waals surface area contributed by atoms with Gasteiger partial charge in [0.15, 0.2) is 0 Å². The van der Waals surface area contributed by atoms with Crippen molar-refractivity contribution in [1.29, 1.82) is 0 Å². The van der Waals surface area contributed by atoms with Gasteiger partial charge in [-0.1, -0.05) is 31.2 Å². The number of ether oxygens (including phenoxy) is 1. The molecule has 2 atom stereocenters. The summed E-state index contributed by atoms with van der Waals surface area (Å²) in [5.74, 6) is 0.0291. The van der Waals surface area contributed by atoms with Crippen LogP contribution in [0.4, 0.5) is 0 Å². The number of hydrogen-bond acceptors (Lipinski definition) is 4. The number of morpholine rings is 1. The highest BCUT2D eigenvalue weighted by Gasteiger charge is 2.33. The van der Waals surface area contributed by atoms with Gasteiger partial charge in [0, 0.05) is 31.9 Å². The Morgan fingerprint density at radius 3 is 2.88 bits per heavy atom. The molecule has 1 aliphatic heterocycles. The van der Waals surface area contributed by atoms with Crippen molar-refractivity contribution in [3.63, 3.8) is 0 Å². The molecule has 1 aliphatic rings. The van der Waals surface area contributed by atoms with Crippen molar-refractivity contribution < 1.29 is 9.53 Å². The molecule has 1 aromatic heterocycles. The van der Waals surface area contributed by atoms with Gasteiger partial charge in [0.25, 0.3) is 0 Å². The summed E-state index contributed by atoms with van der Waals surface area (Å²) >= 11 is 0. The van der Waals surface area contributed by atoms with Crippen molar-refractivity contribution in [2.75, 3.05) is 26.2 Å². The monoisotopic (exact) mass is 356 g/mol. The summed E-state index contributed by atoms with van der Waals surface area (Å²) in [6.45, 7) is 7.21. The number of likely N-dealkylation sites (N-methyl/N-ethyl adjacent to an activating group) is 1. The molecule has 140 valence electrons. The van der Waals surface area contributed by atoms with E-state index < -0.39 is 0 Å². The number of nitrogens with zero attached hydrogens (tertiary/aromatic N) is 3. The lowest BCUT2D eigenvalue weighted by molar-refractivity contribution is -0.122. The number of hydrogen-bond donors (Lipinski definition) is 1. The first-order chi connectivity index (χ1) is 12.6. The number of amides is 1. The molecule has 1 N–H and O–H groups in total. The zero-order valence-electron chi connectivity index (χ0n) is 15.8. The molecule has 6 heteroatoms. The van der Waals surface area contributed by atoms with Gasteiger partial charge in [-0.05, 0) is 24.6 Å². The van der Waals surface area contributed by atoms with Crippen LogP contribution in [0.15, 0.2) is 36.7 Å². The SMILES string of the molecule is CCN1CCO[C@@H](CNC(=O)Cc2ccccc2C)[C@@H]1c1cnn(C)c1. The van der Waals surface area contributed by atoms with Gasteiger partial charge < -0.3 is 10.1 Å². The molecular weight excluding hydrogens is 328 g/mol. The van der Waals surface area contributed by atoms with Gasteiger partial charge in [-0.15, -0.1) is 0 Å². The van der Waals surface area contributed by atoms with Crippen LogP contribution in [0.25, 0.3) is 0 Å². The van der Waals surface area contributed by atoms with E-state index in [4.69, 9.17) is 4.74 Å². The van der Waals surface area contributed by atoms with E-state index in [2.05, 4.69) is 22.2 Å². The Morgan fingerprint density at radius 2 is 2.19 bits per heavy atom. The van der Waals surface area contributed by atoms with Crippen LogP contribution in [0.3, 0.4) is 0 Å². The summed E-state index contributed by atoms with van der Waals surface area (Å²) in [7, 11) is 1.92. The van der Waals surface area contributed by atoms with Gasteiger partial charge in [-0.2, -0.15) is 5.10 Å². The van der Waals surface area contributed by atoms with Crippen LogP contribution in [0.1, 0.15) is 29.7 Å². The quantitative estimate of drug-likeness (QED) is 0.858. The maximum Gasteiger partial charge on any atom is 0.224 e. The number of aromatic nitrogens is 2. The third-order valence-electron chi connectivity index (χ3n) is 5.04. The zero-order valence-corrected chi connectivity index (χ0v) is 15.8. The van der Waals surface area contributed by atoms with E-state index in [-0.39, 0.29) is 18.1 Å². The fraction of sp³-hybridized carbons (Fsp3) is 0.500. The van der Waals surface area contributed by atoms with Crippen molar-refractivity contribution in [3.8, 4) is 0 Å². The van der Waals surface area contributed by atoms with Gasteiger partial charge in [-0.3, -0.25) is 14.4 Å². The summed E-state index contributed by atoms with van der Waals surface area (Å²) in [6, 6.07) is 8.11. The maximum atomic E-state index is 12.4. The van der Waals surface area contributed by atoms with Crippen molar-refractivity contribution in [2.24, 2.45) is 7.05 Å². The van der Waals surface area contributed by atoms with E-state index in [1.165, 1.54) is 0 Å². The molecule has 1 fully saturated rings. The Labute approximate surface area is 155 Å². The van der Waals surface area contributed by atoms with Crippen LogP contribution >= 0.6 is 0 Å². The molecule has 0 aliphatic carbocycles. The molecule has 0 spiro atoms. The average molecular weight is 356 g/mol. The molecule has 6 nitrogen and oxygen atoms in total. The lowest BCUT2D eigenvalue weighted by atomic mass is 10.0. The lowest BCUT2D eigenvalue weighted by Gasteiger charge is -2.40. The highest BCUT2D eigenvalue weighted by molar-refractivity contribution is 5.78. The largest absolute Gasteiger partial charge is 0.373 e. The number of aryl methyl sites for hydroxylation is 2. The molecule has 1 saturated heterocycles. The van der Waals surface area contributed by atoms with Crippen molar-refractivity contribution >= 4 is 5.91 Å². The van der Waals surface area contributed by atoms with Crippen molar-refractivity contribution in [1.82, 2.24) is 20.0 Å². The molecule has 2 aromatic rings. The maximum absolute atomic E-state index is 12.4. The summed E-state index contributed by atoms with van der Waals surface area (Å²) in [5, 5.41) is 7.36. The third kappa shape index (κ3) is 4.31. The fourth-order valence-corrected chi connectivity index (χ4v) is 3.59. The van der Waals surface area contributed by atoms with E-state index in [9.17, 15) is 4.79 Å². The molecule has 3 rings (SSSR count). The highest BCUT2D eigenvalue weighted by atomic mass is 16.5. The minimum Gasteiger partial charge on any atom is -0.373 e. The standard InChI is InChI=1S/C20H28N4O2/c1-4-24-9-10-26-18(20(24)17-12-22-23(3)14-17)13-21-19(25)11-16-8-6-5-7-15(16)2/h5-8,12,14,18,20H,4,9-11,13H2,1-3H3,(H,21,25)/t18-,20-/m0/s1. The first-order valence-electron chi connectivity index (χ1n) is 9.24. The molecule has 0 saturated carbocycles. The molecule has 0 bridgehead atoms. The van der Waals surface area contributed by atoms with Crippen LogP contribution in [0.5, 0.6) is 0 Å². The van der Waals surface area contributed by atoms with E-state index >= 15 is 0 Å². The molecular formula is C20H28N4O2. The van der Waals surface area contributed by atoms with E-state index in [1.807, 2.05) is 55.3 Å². The number of carbonyl (C=O) groups is 1. The number of carbonyl (C=O) groups excluding carboxylic acids is 1. The van der Waals surface area contributed by atoms with Crippen LogP contribution < -0.4 is 5.32 Å². The molecule has 26 heavy (non-hydrogen) atoms. The Bertz CT molecular complexity index is 743. The van der Waals surface area contributed by atoms with E-state index in [0.717, 1.165) is 29.8 Å². The number of rotatable bonds is 6. The Hall–Kier alpha value is -2.18. The second-order valence-electron chi connectivity index (χ2n) is 6.84. The highest BCUT2D eigenvalue weighted by Crippen LogP contribution is 2.28. The van der Waals surface area contributed by atoms with Crippen LogP contribution in [0.2, 0.25) is 0 Å². The van der Waals surface area contributed by atoms with Gasteiger partial charge in [0.2, 0.25) is 5.91 Å². The van der Waals surface area contributed by atoms with Crippen LogP contribution in [-0.4, -0.2) is 52.9 Å². The Balaban J connectivity index is 1.64. The van der Waals surface area contributed by atoms with Crippen LogP contribution in [0, 0.1) is 6.92 Å². The van der Waals surface area contributed by atoms with Gasteiger partial charge in [0.05, 0.1) is 31.4 Å². The predicted octanol–water partition coefficient (Wildman–Crippen LogP) is 1.85. The van der Waals surface area contributed by atoms with E-state index in [0.29, 0.717) is 19.6 Å². The first kappa shape index (κ1) is 18.6. The summed E-state index contributed by atoms with van der Waals surface area (Å²) in [5.41, 5.74) is 3.34. The Morgan fingerprint density at radius 1 is 1.38 bits per heavy atom. The topological polar surface area (TPSA) is 59.4 Å². The molecule has 0 unspecified atom stereocenters. The molecule has 1 amide bonds. The summed E-state index contributed by atoms with van der Waals surface area (Å²) in [6.07, 6.45) is 4.25. The average Bonchev–Trinajstić information content (AvgIpc) is 3.07. The predicted molar refractivity (Wildman–Crippen MR) is 101 cm³/mol. The molecule has 1 aromatic carbocycles. The lowest BCUT2D eigenvalue weighted by Crippen LogP contribution is -2.49. The first-order valence-corrected chi connectivity index (χ1v) is 9.24. The smallest absolute Gasteiger partial charge is 0.224 e. The number of benzene rings is 1. The normalized spacial score (nSPS) is 20.9. The molecule has 2 heterocycles. The molecule has 0 radical (unpaired) electrons. The number of nitrogens with one attached hydrogen (secondary N) is 1. The summed E-state index contributed by atoms with van der Waals surface area (Å²) < 4.78 is 7.83. The fourth-order valence-electron chi connectivity index (χ4n) is 3.59.